The summed E-state index contributed by atoms with van der Waals surface area (Å²) in [6, 6.07) is 0. The van der Waals surface area contributed by atoms with Crippen molar-refractivity contribution in [1.29, 1.82) is 0 Å². The minimum Gasteiger partial charge on any atom is -0.334 e. The minimum absolute atomic E-state index is 0.353. The van der Waals surface area contributed by atoms with Gasteiger partial charge in [-0.1, -0.05) is 5.16 Å². The van der Waals surface area contributed by atoms with E-state index in [4.69, 9.17) is 4.52 Å². The second-order valence-corrected chi connectivity index (χ2v) is 4.13. The van der Waals surface area contributed by atoms with Crippen LogP contribution in [0.5, 0.6) is 0 Å². The molecule has 0 saturated carbocycles. The number of rotatable bonds is 2. The van der Waals surface area contributed by atoms with Crippen molar-refractivity contribution in [3.05, 3.63) is 24.5 Å². The molecule has 1 atom stereocenters. The highest BCUT2D eigenvalue weighted by atomic mass is 16.5. The molecule has 2 aromatic heterocycles. The average Bonchev–Trinajstić information content (AvgIpc) is 2.90. The number of nitrogens with one attached hydrogen (secondary N) is 1. The molecule has 0 spiro atoms. The normalized spacial score (nSPS) is 20.4. The van der Waals surface area contributed by atoms with Gasteiger partial charge in [0.25, 0.3) is 5.89 Å². The number of nitrogens with zero attached hydrogens (tertiary/aromatic N) is 4. The zero-order valence-corrected chi connectivity index (χ0v) is 9.33. The van der Waals surface area contributed by atoms with Gasteiger partial charge < -0.3 is 9.84 Å². The molecule has 6 nitrogen and oxygen atoms in total. The van der Waals surface area contributed by atoms with Crippen molar-refractivity contribution in [3.8, 4) is 11.5 Å². The first kappa shape index (κ1) is 10.3. The Morgan fingerprint density at radius 1 is 1.29 bits per heavy atom. The fraction of sp³-hybridized carbons (Fsp3) is 0.455. The first-order valence-corrected chi connectivity index (χ1v) is 5.73. The zero-order valence-electron chi connectivity index (χ0n) is 9.33. The van der Waals surface area contributed by atoms with E-state index in [1.165, 1.54) is 6.33 Å². The standard InChI is InChI=1S/C11H13N5O/c1-2-8(4-12-3-1)10-15-11(17-16-10)9-5-13-7-14-6-9/h5-8,12H,1-4H2. The van der Waals surface area contributed by atoms with Crippen LogP contribution in [0.1, 0.15) is 24.6 Å². The van der Waals surface area contributed by atoms with Gasteiger partial charge in [-0.2, -0.15) is 4.98 Å². The van der Waals surface area contributed by atoms with Crippen LogP contribution in [0.2, 0.25) is 0 Å². The molecule has 3 heterocycles. The summed E-state index contributed by atoms with van der Waals surface area (Å²) in [5, 5.41) is 7.37. The van der Waals surface area contributed by atoms with E-state index in [0.29, 0.717) is 11.8 Å². The van der Waals surface area contributed by atoms with E-state index in [2.05, 4.69) is 25.4 Å². The lowest BCUT2D eigenvalue weighted by molar-refractivity contribution is 0.393. The maximum Gasteiger partial charge on any atom is 0.261 e. The molecule has 0 amide bonds. The van der Waals surface area contributed by atoms with Crippen molar-refractivity contribution < 1.29 is 4.52 Å². The van der Waals surface area contributed by atoms with E-state index in [9.17, 15) is 0 Å². The third-order valence-corrected chi connectivity index (χ3v) is 2.91. The molecule has 1 fully saturated rings. The van der Waals surface area contributed by atoms with Crippen LogP contribution in [0.4, 0.5) is 0 Å². The fourth-order valence-electron chi connectivity index (χ4n) is 2.00. The monoisotopic (exact) mass is 231 g/mol. The molecule has 1 N–H and O–H groups in total. The summed E-state index contributed by atoms with van der Waals surface area (Å²) in [4.78, 5) is 12.3. The zero-order chi connectivity index (χ0) is 11.5. The molecule has 6 heteroatoms. The average molecular weight is 231 g/mol. The number of hydrogen-bond donors (Lipinski definition) is 1. The second kappa shape index (κ2) is 4.58. The largest absolute Gasteiger partial charge is 0.334 e. The predicted octanol–water partition coefficient (Wildman–Crippen LogP) is 0.994. The summed E-state index contributed by atoms with van der Waals surface area (Å²) in [5.74, 6) is 1.62. The van der Waals surface area contributed by atoms with Gasteiger partial charge in [0.1, 0.15) is 6.33 Å². The summed E-state index contributed by atoms with van der Waals surface area (Å²) in [6.45, 7) is 2.00. The Hall–Kier alpha value is -1.82. The number of hydrogen-bond acceptors (Lipinski definition) is 6. The molecule has 1 aliphatic heterocycles. The van der Waals surface area contributed by atoms with E-state index in [1.54, 1.807) is 12.4 Å². The number of piperidine rings is 1. The molecule has 2 aromatic rings. The van der Waals surface area contributed by atoms with Crippen LogP contribution in [-0.4, -0.2) is 33.2 Å². The van der Waals surface area contributed by atoms with Gasteiger partial charge >= 0.3 is 0 Å². The molecule has 17 heavy (non-hydrogen) atoms. The van der Waals surface area contributed by atoms with Gasteiger partial charge in [-0.05, 0) is 19.4 Å². The van der Waals surface area contributed by atoms with Crippen molar-refractivity contribution in [3.63, 3.8) is 0 Å². The first-order chi connectivity index (χ1) is 8.43. The quantitative estimate of drug-likeness (QED) is 0.830. The molecule has 0 bridgehead atoms. The lowest BCUT2D eigenvalue weighted by Crippen LogP contribution is -2.28. The van der Waals surface area contributed by atoms with E-state index < -0.39 is 0 Å². The van der Waals surface area contributed by atoms with Gasteiger partial charge in [-0.25, -0.2) is 9.97 Å². The molecular weight excluding hydrogens is 218 g/mol. The Labute approximate surface area is 98.5 Å². The van der Waals surface area contributed by atoms with Crippen molar-refractivity contribution in [2.24, 2.45) is 0 Å². The van der Waals surface area contributed by atoms with E-state index >= 15 is 0 Å². The van der Waals surface area contributed by atoms with Gasteiger partial charge in [0.05, 0.1) is 5.56 Å². The molecule has 88 valence electrons. The Kier molecular flexibility index (Phi) is 2.79. The Balaban J connectivity index is 1.83. The molecule has 3 rings (SSSR count). The van der Waals surface area contributed by atoms with Crippen LogP contribution in [0.15, 0.2) is 23.2 Å². The molecular formula is C11H13N5O. The molecule has 0 radical (unpaired) electrons. The highest BCUT2D eigenvalue weighted by Crippen LogP contribution is 2.23. The number of aromatic nitrogens is 4. The smallest absolute Gasteiger partial charge is 0.261 e. The fourth-order valence-corrected chi connectivity index (χ4v) is 2.00. The lowest BCUT2D eigenvalue weighted by atomic mass is 9.99. The topological polar surface area (TPSA) is 76.7 Å². The van der Waals surface area contributed by atoms with Gasteiger partial charge in [0.15, 0.2) is 5.82 Å². The third-order valence-electron chi connectivity index (χ3n) is 2.91. The summed E-state index contributed by atoms with van der Waals surface area (Å²) < 4.78 is 5.24. The molecule has 1 aliphatic rings. The highest BCUT2D eigenvalue weighted by Gasteiger charge is 2.21. The third kappa shape index (κ3) is 2.16. The van der Waals surface area contributed by atoms with Crippen LogP contribution in [0.25, 0.3) is 11.5 Å². The summed E-state index contributed by atoms with van der Waals surface area (Å²) in [6.07, 6.45) is 7.08. The van der Waals surface area contributed by atoms with E-state index in [1.807, 2.05) is 0 Å². The second-order valence-electron chi connectivity index (χ2n) is 4.13. The van der Waals surface area contributed by atoms with E-state index in [0.717, 1.165) is 37.3 Å². The first-order valence-electron chi connectivity index (χ1n) is 5.73. The predicted molar refractivity (Wildman–Crippen MR) is 60.2 cm³/mol. The van der Waals surface area contributed by atoms with Crippen LogP contribution in [0, 0.1) is 0 Å². The molecule has 1 unspecified atom stereocenters. The maximum atomic E-state index is 5.24. The van der Waals surface area contributed by atoms with Crippen molar-refractivity contribution in [2.45, 2.75) is 18.8 Å². The van der Waals surface area contributed by atoms with Crippen LogP contribution in [0.3, 0.4) is 0 Å². The van der Waals surface area contributed by atoms with Crippen molar-refractivity contribution in [2.75, 3.05) is 13.1 Å². The van der Waals surface area contributed by atoms with Crippen LogP contribution >= 0.6 is 0 Å². The summed E-state index contributed by atoms with van der Waals surface area (Å²) in [5.41, 5.74) is 0.759. The van der Waals surface area contributed by atoms with Crippen LogP contribution < -0.4 is 5.32 Å². The SMILES string of the molecule is c1ncc(-c2nc(C3CCCNC3)no2)cn1. The molecule has 0 aromatic carbocycles. The van der Waals surface area contributed by atoms with E-state index in [-0.39, 0.29) is 0 Å². The molecule has 1 saturated heterocycles. The lowest BCUT2D eigenvalue weighted by Gasteiger charge is -2.19. The van der Waals surface area contributed by atoms with Gasteiger partial charge in [-0.15, -0.1) is 0 Å². The van der Waals surface area contributed by atoms with Gasteiger partial charge in [-0.3, -0.25) is 0 Å². The highest BCUT2D eigenvalue weighted by molar-refractivity contribution is 5.48. The van der Waals surface area contributed by atoms with Crippen molar-refractivity contribution in [1.82, 2.24) is 25.4 Å². The Morgan fingerprint density at radius 2 is 2.18 bits per heavy atom. The Bertz CT molecular complexity index is 478. The van der Waals surface area contributed by atoms with Gasteiger partial charge in [0, 0.05) is 24.9 Å². The minimum atomic E-state index is 0.353. The van der Waals surface area contributed by atoms with Gasteiger partial charge in [0.2, 0.25) is 0 Å². The Morgan fingerprint density at radius 3 is 2.94 bits per heavy atom. The summed E-state index contributed by atoms with van der Waals surface area (Å²) in [7, 11) is 0. The van der Waals surface area contributed by atoms with Crippen LogP contribution in [-0.2, 0) is 0 Å². The summed E-state index contributed by atoms with van der Waals surface area (Å²) >= 11 is 0. The maximum absolute atomic E-state index is 5.24. The molecule has 0 aliphatic carbocycles. The van der Waals surface area contributed by atoms with Crippen molar-refractivity contribution >= 4 is 0 Å².